The summed E-state index contributed by atoms with van der Waals surface area (Å²) in [6.45, 7) is 2.59. The maximum absolute atomic E-state index is 12.3. The third-order valence-corrected chi connectivity index (χ3v) is 6.37. The highest BCUT2D eigenvalue weighted by atomic mass is 16.5. The molecule has 0 aromatic heterocycles. The number of imide groups is 1. The topological polar surface area (TPSA) is 77.1 Å². The van der Waals surface area contributed by atoms with Gasteiger partial charge in [-0.2, -0.15) is 0 Å². The number of rotatable bonds is 5. The molecular formula is C20H24N2O5. The summed E-state index contributed by atoms with van der Waals surface area (Å²) in [5.41, 5.74) is 1.22. The van der Waals surface area contributed by atoms with Crippen LogP contribution in [-0.2, 0) is 10.2 Å². The highest BCUT2D eigenvalue weighted by Gasteiger charge is 2.54. The van der Waals surface area contributed by atoms with Crippen LogP contribution < -0.4 is 19.5 Å². The van der Waals surface area contributed by atoms with Crippen LogP contribution in [0.5, 0.6) is 17.2 Å². The average Bonchev–Trinajstić information content (AvgIpc) is 3.23. The van der Waals surface area contributed by atoms with Gasteiger partial charge < -0.3 is 19.5 Å². The lowest BCUT2D eigenvalue weighted by atomic mass is 9.87. The molecule has 2 heterocycles. The highest BCUT2D eigenvalue weighted by Crippen LogP contribution is 2.61. The Morgan fingerprint density at radius 1 is 1.26 bits per heavy atom. The summed E-state index contributed by atoms with van der Waals surface area (Å²) in [4.78, 5) is 25.8. The second kappa shape index (κ2) is 5.78. The normalized spacial score (nSPS) is 29.9. The van der Waals surface area contributed by atoms with Gasteiger partial charge in [-0.15, -0.1) is 0 Å². The zero-order valence-electron chi connectivity index (χ0n) is 15.6. The molecule has 0 unspecified atom stereocenters. The van der Waals surface area contributed by atoms with Crippen molar-refractivity contribution in [2.24, 2.45) is 0 Å². The first-order chi connectivity index (χ1) is 13.1. The van der Waals surface area contributed by atoms with Gasteiger partial charge >= 0.3 is 6.03 Å². The zero-order chi connectivity index (χ0) is 18.8. The van der Waals surface area contributed by atoms with Crippen LogP contribution in [0.2, 0.25) is 0 Å². The Morgan fingerprint density at radius 3 is 2.63 bits per heavy atom. The fourth-order valence-electron chi connectivity index (χ4n) is 4.47. The Labute approximate surface area is 157 Å². The van der Waals surface area contributed by atoms with E-state index >= 15 is 0 Å². The molecule has 1 saturated heterocycles. The van der Waals surface area contributed by atoms with E-state index in [4.69, 9.17) is 14.2 Å². The van der Waals surface area contributed by atoms with Crippen molar-refractivity contribution in [2.45, 2.75) is 62.6 Å². The number of carbonyl (C=O) groups is 2. The number of urea groups is 1. The van der Waals surface area contributed by atoms with Gasteiger partial charge in [-0.1, -0.05) is 6.92 Å². The van der Waals surface area contributed by atoms with Crippen molar-refractivity contribution in [3.05, 3.63) is 17.7 Å². The Bertz CT molecular complexity index is 813. The van der Waals surface area contributed by atoms with Gasteiger partial charge in [-0.3, -0.25) is 9.69 Å². The van der Waals surface area contributed by atoms with E-state index in [1.165, 1.54) is 4.90 Å². The number of hydrogen-bond donors (Lipinski definition) is 1. The lowest BCUT2D eigenvalue weighted by Crippen LogP contribution is -2.52. The molecule has 1 aromatic rings. The van der Waals surface area contributed by atoms with Crippen molar-refractivity contribution >= 4 is 11.9 Å². The second-order valence-corrected chi connectivity index (χ2v) is 8.02. The quantitative estimate of drug-likeness (QED) is 0.803. The van der Waals surface area contributed by atoms with Gasteiger partial charge in [0, 0.05) is 29.9 Å². The lowest BCUT2D eigenvalue weighted by molar-refractivity contribution is -0.131. The van der Waals surface area contributed by atoms with Crippen LogP contribution in [0.4, 0.5) is 4.79 Å². The summed E-state index contributed by atoms with van der Waals surface area (Å²) < 4.78 is 17.6. The number of nitrogens with one attached hydrogen (secondary N) is 1. The van der Waals surface area contributed by atoms with E-state index in [9.17, 15) is 9.59 Å². The molecule has 3 amide bonds. The Hall–Kier alpha value is -2.44. The molecule has 0 radical (unpaired) electrons. The van der Waals surface area contributed by atoms with E-state index in [1.54, 1.807) is 7.11 Å². The smallest absolute Gasteiger partial charge is 0.325 e. The zero-order valence-corrected chi connectivity index (χ0v) is 15.6. The van der Waals surface area contributed by atoms with E-state index in [0.29, 0.717) is 25.9 Å². The van der Waals surface area contributed by atoms with E-state index in [0.717, 1.165) is 35.7 Å². The molecule has 1 spiro atoms. The highest BCUT2D eigenvalue weighted by molar-refractivity contribution is 6.04. The van der Waals surface area contributed by atoms with Crippen molar-refractivity contribution in [3.8, 4) is 17.2 Å². The molecule has 3 fully saturated rings. The molecule has 7 heteroatoms. The van der Waals surface area contributed by atoms with Crippen molar-refractivity contribution in [1.82, 2.24) is 10.2 Å². The number of fused-ring (bicyclic) bond motifs is 2. The van der Waals surface area contributed by atoms with Gasteiger partial charge in [0.15, 0.2) is 11.5 Å². The predicted octanol–water partition coefficient (Wildman–Crippen LogP) is 2.36. The molecule has 5 rings (SSSR count). The van der Waals surface area contributed by atoms with Crippen LogP contribution in [-0.4, -0.2) is 48.7 Å². The number of carbonyl (C=O) groups excluding carboxylic acids is 2. The third-order valence-electron chi connectivity index (χ3n) is 6.37. The van der Waals surface area contributed by atoms with Gasteiger partial charge in [0.25, 0.3) is 5.91 Å². The maximum atomic E-state index is 12.3. The van der Waals surface area contributed by atoms with Gasteiger partial charge in [-0.05, 0) is 31.4 Å². The summed E-state index contributed by atoms with van der Waals surface area (Å²) in [5, 5.41) is 2.75. The van der Waals surface area contributed by atoms with Gasteiger partial charge in [-0.25, -0.2) is 4.79 Å². The fourth-order valence-corrected chi connectivity index (χ4v) is 4.47. The van der Waals surface area contributed by atoms with Crippen molar-refractivity contribution in [1.29, 1.82) is 0 Å². The number of benzene rings is 1. The first-order valence-corrected chi connectivity index (χ1v) is 9.71. The number of hydrogen-bond acceptors (Lipinski definition) is 5. The molecule has 7 nitrogen and oxygen atoms in total. The van der Waals surface area contributed by atoms with Gasteiger partial charge in [0.05, 0.1) is 13.7 Å². The van der Waals surface area contributed by atoms with Crippen LogP contribution in [0, 0.1) is 0 Å². The van der Waals surface area contributed by atoms with Crippen LogP contribution in [0.1, 0.15) is 44.6 Å². The summed E-state index contributed by atoms with van der Waals surface area (Å²) in [7, 11) is 1.65. The molecule has 0 bridgehead atoms. The van der Waals surface area contributed by atoms with Crippen molar-refractivity contribution in [2.75, 3.05) is 13.7 Å². The summed E-state index contributed by atoms with van der Waals surface area (Å²) in [6, 6.07) is 3.12. The predicted molar refractivity (Wildman–Crippen MR) is 96.3 cm³/mol. The number of amides is 3. The molecule has 1 N–H and O–H groups in total. The second-order valence-electron chi connectivity index (χ2n) is 8.02. The van der Waals surface area contributed by atoms with E-state index in [-0.39, 0.29) is 35.5 Å². The van der Waals surface area contributed by atoms with E-state index in [2.05, 4.69) is 5.32 Å². The van der Waals surface area contributed by atoms with E-state index < -0.39 is 0 Å². The van der Waals surface area contributed by atoms with E-state index in [1.807, 2.05) is 19.1 Å². The van der Waals surface area contributed by atoms with Gasteiger partial charge in [0.2, 0.25) is 0 Å². The number of methoxy groups -OCH3 is 1. The minimum atomic E-state index is -0.380. The Morgan fingerprint density at radius 2 is 2.00 bits per heavy atom. The SMILES string of the molecule is CC[C@@H]1NC(=O)N(C2CC(Oc3ccc(OC)c4c3C3(CC3)CO4)C2)C1=O. The molecule has 144 valence electrons. The standard InChI is InChI=1S/C20H24N2O5/c1-3-13-18(23)22(19(24)21-13)11-8-12(9-11)27-14-4-5-15(25-2)17-16(14)20(6-7-20)10-26-17/h4-5,11-13H,3,6-10H2,1-2H3,(H,21,24)/t11?,12?,13-/m0/s1. The molecule has 2 aliphatic carbocycles. The minimum absolute atomic E-state index is 0.00479. The fraction of sp³-hybridized carbons (Fsp3) is 0.600. The van der Waals surface area contributed by atoms with Crippen molar-refractivity contribution in [3.63, 3.8) is 0 Å². The first kappa shape index (κ1) is 16.7. The van der Waals surface area contributed by atoms with Crippen molar-refractivity contribution < 1.29 is 23.8 Å². The largest absolute Gasteiger partial charge is 0.493 e. The molecular weight excluding hydrogens is 348 g/mol. The maximum Gasteiger partial charge on any atom is 0.325 e. The number of ether oxygens (including phenoxy) is 3. The first-order valence-electron chi connectivity index (χ1n) is 9.71. The summed E-state index contributed by atoms with van der Waals surface area (Å²) in [5.74, 6) is 2.30. The van der Waals surface area contributed by atoms with Crippen LogP contribution in [0.25, 0.3) is 0 Å². The van der Waals surface area contributed by atoms with Crippen LogP contribution in [0.15, 0.2) is 12.1 Å². The Kier molecular flexibility index (Phi) is 3.58. The third kappa shape index (κ3) is 2.40. The average molecular weight is 372 g/mol. The minimum Gasteiger partial charge on any atom is -0.493 e. The molecule has 2 aliphatic heterocycles. The van der Waals surface area contributed by atoms with Gasteiger partial charge in [0.1, 0.15) is 17.9 Å². The van der Waals surface area contributed by atoms with Crippen LogP contribution >= 0.6 is 0 Å². The Balaban J connectivity index is 1.30. The summed E-state index contributed by atoms with van der Waals surface area (Å²) >= 11 is 0. The monoisotopic (exact) mass is 372 g/mol. The number of nitrogens with zero attached hydrogens (tertiary/aromatic N) is 1. The summed E-state index contributed by atoms with van der Waals surface area (Å²) in [6.07, 6.45) is 4.18. The molecule has 1 aromatic carbocycles. The van der Waals surface area contributed by atoms with Crippen LogP contribution in [0.3, 0.4) is 0 Å². The molecule has 2 saturated carbocycles. The molecule has 1 atom stereocenters. The molecule has 27 heavy (non-hydrogen) atoms. The molecule has 4 aliphatic rings. The lowest BCUT2D eigenvalue weighted by Gasteiger charge is -2.39.